The number of hydrogen-bond acceptors (Lipinski definition) is 4. The van der Waals surface area contributed by atoms with E-state index in [1.54, 1.807) is 19.4 Å². The highest BCUT2D eigenvalue weighted by Gasteiger charge is 2.06. The Balaban J connectivity index is 2.43. The number of hydrogen-bond donors (Lipinski definition) is 1. The maximum absolute atomic E-state index is 10.8. The van der Waals surface area contributed by atoms with Crippen molar-refractivity contribution in [1.82, 2.24) is 9.97 Å². The molecule has 5 heteroatoms. The monoisotopic (exact) mass is 231 g/mol. The third-order valence-electron chi connectivity index (χ3n) is 2.49. The van der Waals surface area contributed by atoms with E-state index < -0.39 is 0 Å². The summed E-state index contributed by atoms with van der Waals surface area (Å²) in [5.41, 5.74) is 7.63. The number of carbonyl (C=O) groups is 1. The van der Waals surface area contributed by atoms with Gasteiger partial charge in [-0.05, 0) is 24.1 Å². The lowest BCUT2D eigenvalue weighted by Gasteiger charge is -2.05. The van der Waals surface area contributed by atoms with Crippen molar-refractivity contribution < 1.29 is 9.53 Å². The minimum Gasteiger partial charge on any atom is -0.481 e. The molecule has 0 radical (unpaired) electrons. The first-order valence-electron chi connectivity index (χ1n) is 5.27. The number of nitrogens with zero attached hydrogens (tertiary/aromatic N) is 2. The predicted octanol–water partition coefficient (Wildman–Crippen LogP) is 1.06. The Labute approximate surface area is 98.6 Å². The highest BCUT2D eigenvalue weighted by molar-refractivity contribution is 5.79. The van der Waals surface area contributed by atoms with Gasteiger partial charge in [0.1, 0.15) is 0 Å². The highest BCUT2D eigenvalue weighted by Crippen LogP contribution is 2.19. The van der Waals surface area contributed by atoms with E-state index in [0.29, 0.717) is 18.7 Å². The molecule has 2 N–H and O–H groups in total. The number of ether oxygens (including phenoxy) is 1. The number of aromatic nitrogens is 2. The van der Waals surface area contributed by atoms with Gasteiger partial charge < -0.3 is 10.5 Å². The minimum absolute atomic E-state index is 0.304. The van der Waals surface area contributed by atoms with Crippen molar-refractivity contribution in [3.8, 4) is 5.88 Å². The fraction of sp³-hybridized carbons (Fsp3) is 0.250. The Kier molecular flexibility index (Phi) is 3.18. The summed E-state index contributed by atoms with van der Waals surface area (Å²) in [5, 5.41) is 0. The van der Waals surface area contributed by atoms with Gasteiger partial charge in [0.25, 0.3) is 0 Å². The molecule has 0 bridgehead atoms. The summed E-state index contributed by atoms with van der Waals surface area (Å²) in [6.45, 7) is 0. The first-order chi connectivity index (χ1) is 8.20. The number of amides is 1. The molecule has 2 aromatic rings. The molecule has 0 aliphatic heterocycles. The second kappa shape index (κ2) is 4.78. The van der Waals surface area contributed by atoms with Gasteiger partial charge in [0.15, 0.2) is 0 Å². The predicted molar refractivity (Wildman–Crippen MR) is 63.6 cm³/mol. The Bertz CT molecular complexity index is 554. The molecule has 2 rings (SSSR count). The molecule has 0 saturated carbocycles. The zero-order chi connectivity index (χ0) is 12.3. The zero-order valence-corrected chi connectivity index (χ0v) is 9.51. The van der Waals surface area contributed by atoms with Gasteiger partial charge in [-0.1, -0.05) is 0 Å². The summed E-state index contributed by atoms with van der Waals surface area (Å²) in [6, 6.07) is 5.44. The average molecular weight is 231 g/mol. The van der Waals surface area contributed by atoms with Crippen LogP contribution in [-0.4, -0.2) is 23.0 Å². The van der Waals surface area contributed by atoms with Crippen molar-refractivity contribution in [2.24, 2.45) is 5.73 Å². The summed E-state index contributed by atoms with van der Waals surface area (Å²) >= 11 is 0. The fourth-order valence-electron chi connectivity index (χ4n) is 1.63. The fourth-order valence-corrected chi connectivity index (χ4v) is 1.63. The van der Waals surface area contributed by atoms with E-state index in [1.807, 2.05) is 12.1 Å². The lowest BCUT2D eigenvalue weighted by Crippen LogP contribution is -2.11. The Morgan fingerprint density at radius 2 is 2.24 bits per heavy atom. The second-order valence-electron chi connectivity index (χ2n) is 3.66. The first-order valence-corrected chi connectivity index (χ1v) is 5.27. The normalized spacial score (nSPS) is 10.4. The van der Waals surface area contributed by atoms with Crippen LogP contribution in [0.4, 0.5) is 0 Å². The minimum atomic E-state index is -0.321. The second-order valence-corrected chi connectivity index (χ2v) is 3.66. The SMILES string of the molecule is COc1ccc2nccc(CCC(N)=O)c2n1. The van der Waals surface area contributed by atoms with Crippen molar-refractivity contribution in [3.63, 3.8) is 0 Å². The van der Waals surface area contributed by atoms with E-state index in [9.17, 15) is 4.79 Å². The maximum atomic E-state index is 10.8. The number of methoxy groups -OCH3 is 1. The summed E-state index contributed by atoms with van der Waals surface area (Å²) < 4.78 is 5.07. The number of rotatable bonds is 4. The first kappa shape index (κ1) is 11.3. The Hall–Kier alpha value is -2.17. The third kappa shape index (κ3) is 2.50. The van der Waals surface area contributed by atoms with E-state index in [1.165, 1.54) is 0 Å². The molecule has 0 saturated heterocycles. The molecule has 0 aromatic carbocycles. The van der Waals surface area contributed by atoms with Crippen LogP contribution in [0, 0.1) is 0 Å². The van der Waals surface area contributed by atoms with Crippen LogP contribution in [0.1, 0.15) is 12.0 Å². The van der Waals surface area contributed by atoms with Crippen LogP contribution < -0.4 is 10.5 Å². The lowest BCUT2D eigenvalue weighted by molar-refractivity contribution is -0.117. The topological polar surface area (TPSA) is 78.1 Å². The van der Waals surface area contributed by atoms with Crippen molar-refractivity contribution in [3.05, 3.63) is 30.0 Å². The molecule has 0 atom stereocenters. The summed E-state index contributed by atoms with van der Waals surface area (Å²) in [7, 11) is 1.56. The van der Waals surface area contributed by atoms with Crippen LogP contribution >= 0.6 is 0 Å². The number of fused-ring (bicyclic) bond motifs is 1. The standard InChI is InChI=1S/C12H13N3O2/c1-17-11-5-3-9-12(15-11)8(6-7-14-9)2-4-10(13)16/h3,5-7H,2,4H2,1H3,(H2,13,16). The number of pyridine rings is 2. The molecule has 1 amide bonds. The van der Waals surface area contributed by atoms with Crippen LogP contribution in [0.15, 0.2) is 24.4 Å². The van der Waals surface area contributed by atoms with Gasteiger partial charge in [0, 0.05) is 18.7 Å². The molecule has 2 heterocycles. The van der Waals surface area contributed by atoms with Gasteiger partial charge in [-0.3, -0.25) is 9.78 Å². The van der Waals surface area contributed by atoms with Crippen molar-refractivity contribution in [2.75, 3.05) is 7.11 Å². The van der Waals surface area contributed by atoms with E-state index in [4.69, 9.17) is 10.5 Å². The smallest absolute Gasteiger partial charge is 0.217 e. The molecular weight excluding hydrogens is 218 g/mol. The molecule has 0 unspecified atom stereocenters. The molecule has 17 heavy (non-hydrogen) atoms. The van der Waals surface area contributed by atoms with E-state index >= 15 is 0 Å². The molecule has 0 aliphatic carbocycles. The maximum Gasteiger partial charge on any atom is 0.217 e. The quantitative estimate of drug-likeness (QED) is 0.853. The summed E-state index contributed by atoms with van der Waals surface area (Å²) in [6.07, 6.45) is 2.57. The van der Waals surface area contributed by atoms with E-state index in [2.05, 4.69) is 9.97 Å². The van der Waals surface area contributed by atoms with Crippen LogP contribution in [-0.2, 0) is 11.2 Å². The molecule has 0 spiro atoms. The number of primary amides is 1. The summed E-state index contributed by atoms with van der Waals surface area (Å²) in [4.78, 5) is 19.3. The average Bonchev–Trinajstić information content (AvgIpc) is 2.35. The molecular formula is C12H13N3O2. The Morgan fingerprint density at radius 3 is 2.94 bits per heavy atom. The van der Waals surface area contributed by atoms with Gasteiger partial charge in [0.05, 0.1) is 18.1 Å². The molecule has 0 fully saturated rings. The van der Waals surface area contributed by atoms with Crippen LogP contribution in [0.25, 0.3) is 11.0 Å². The van der Waals surface area contributed by atoms with Crippen molar-refractivity contribution >= 4 is 16.9 Å². The van der Waals surface area contributed by atoms with Gasteiger partial charge in [-0.2, -0.15) is 0 Å². The van der Waals surface area contributed by atoms with Crippen LogP contribution in [0.5, 0.6) is 5.88 Å². The van der Waals surface area contributed by atoms with Crippen LogP contribution in [0.2, 0.25) is 0 Å². The largest absolute Gasteiger partial charge is 0.481 e. The van der Waals surface area contributed by atoms with Crippen LogP contribution in [0.3, 0.4) is 0 Å². The molecule has 0 aliphatic rings. The zero-order valence-electron chi connectivity index (χ0n) is 9.51. The van der Waals surface area contributed by atoms with Gasteiger partial charge in [-0.25, -0.2) is 4.98 Å². The number of aryl methyl sites for hydroxylation is 1. The van der Waals surface area contributed by atoms with Crippen molar-refractivity contribution in [1.29, 1.82) is 0 Å². The Morgan fingerprint density at radius 1 is 1.41 bits per heavy atom. The number of carbonyl (C=O) groups excluding carboxylic acids is 1. The van der Waals surface area contributed by atoms with E-state index in [0.717, 1.165) is 16.6 Å². The lowest BCUT2D eigenvalue weighted by atomic mass is 10.1. The van der Waals surface area contributed by atoms with E-state index in [-0.39, 0.29) is 5.91 Å². The van der Waals surface area contributed by atoms with Gasteiger partial charge >= 0.3 is 0 Å². The van der Waals surface area contributed by atoms with Crippen molar-refractivity contribution in [2.45, 2.75) is 12.8 Å². The third-order valence-corrected chi connectivity index (χ3v) is 2.49. The molecule has 2 aromatic heterocycles. The molecule has 5 nitrogen and oxygen atoms in total. The summed E-state index contributed by atoms with van der Waals surface area (Å²) in [5.74, 6) is 0.212. The van der Waals surface area contributed by atoms with Gasteiger partial charge in [-0.15, -0.1) is 0 Å². The van der Waals surface area contributed by atoms with Gasteiger partial charge in [0.2, 0.25) is 11.8 Å². The number of nitrogens with two attached hydrogens (primary N) is 1. The highest BCUT2D eigenvalue weighted by atomic mass is 16.5. The molecule has 88 valence electrons.